The van der Waals surface area contributed by atoms with Gasteiger partial charge in [-0.1, -0.05) is 32.1 Å². The molecule has 2 fully saturated rings. The van der Waals surface area contributed by atoms with E-state index in [0.29, 0.717) is 0 Å². The Labute approximate surface area is 140 Å². The first-order valence-electron chi connectivity index (χ1n) is 9.34. The first-order chi connectivity index (χ1) is 11.2. The number of piperazine rings is 1. The maximum atomic E-state index is 11.4. The zero-order valence-corrected chi connectivity index (χ0v) is 14.5. The SMILES string of the molecule is CC(=O)c1ccc(N2CCN(C3CCCCCCC3)CC2)cc1. The molecule has 0 spiro atoms. The van der Waals surface area contributed by atoms with E-state index in [4.69, 9.17) is 0 Å². The van der Waals surface area contributed by atoms with Crippen molar-refractivity contribution in [3.63, 3.8) is 0 Å². The van der Waals surface area contributed by atoms with Crippen molar-refractivity contribution < 1.29 is 4.79 Å². The van der Waals surface area contributed by atoms with Crippen LogP contribution in [-0.4, -0.2) is 42.9 Å². The van der Waals surface area contributed by atoms with E-state index in [1.165, 1.54) is 63.7 Å². The molecule has 3 heteroatoms. The summed E-state index contributed by atoms with van der Waals surface area (Å²) in [5.41, 5.74) is 2.06. The summed E-state index contributed by atoms with van der Waals surface area (Å²) >= 11 is 0. The Kier molecular flexibility index (Phi) is 5.71. The summed E-state index contributed by atoms with van der Waals surface area (Å²) in [4.78, 5) is 16.6. The Hall–Kier alpha value is -1.35. The topological polar surface area (TPSA) is 23.6 Å². The Morgan fingerprint density at radius 2 is 1.43 bits per heavy atom. The predicted octanol–water partition coefficient (Wildman–Crippen LogP) is 4.12. The van der Waals surface area contributed by atoms with Crippen molar-refractivity contribution in [1.29, 1.82) is 0 Å². The minimum absolute atomic E-state index is 0.144. The maximum Gasteiger partial charge on any atom is 0.159 e. The number of ketones is 1. The van der Waals surface area contributed by atoms with Gasteiger partial charge in [0, 0.05) is 43.5 Å². The van der Waals surface area contributed by atoms with Crippen LogP contribution in [0, 0.1) is 0 Å². The number of anilines is 1. The zero-order valence-electron chi connectivity index (χ0n) is 14.5. The molecule has 3 rings (SSSR count). The van der Waals surface area contributed by atoms with Gasteiger partial charge in [-0.05, 0) is 44.0 Å². The monoisotopic (exact) mass is 314 g/mol. The van der Waals surface area contributed by atoms with Crippen molar-refractivity contribution >= 4 is 11.5 Å². The van der Waals surface area contributed by atoms with E-state index in [1.54, 1.807) is 6.92 Å². The molecule has 0 unspecified atom stereocenters. The van der Waals surface area contributed by atoms with Gasteiger partial charge in [0.2, 0.25) is 0 Å². The molecule has 126 valence electrons. The van der Waals surface area contributed by atoms with Crippen LogP contribution in [0.5, 0.6) is 0 Å². The minimum Gasteiger partial charge on any atom is -0.369 e. The number of rotatable bonds is 3. The van der Waals surface area contributed by atoms with Gasteiger partial charge < -0.3 is 4.90 Å². The molecule has 0 atom stereocenters. The Balaban J connectivity index is 1.54. The van der Waals surface area contributed by atoms with Gasteiger partial charge in [0.15, 0.2) is 5.78 Å². The van der Waals surface area contributed by atoms with Crippen LogP contribution < -0.4 is 4.90 Å². The molecule has 1 saturated carbocycles. The van der Waals surface area contributed by atoms with Gasteiger partial charge in [0.1, 0.15) is 0 Å². The fourth-order valence-electron chi connectivity index (χ4n) is 4.05. The second-order valence-electron chi connectivity index (χ2n) is 7.13. The van der Waals surface area contributed by atoms with Crippen LogP contribution in [0.4, 0.5) is 5.69 Å². The lowest BCUT2D eigenvalue weighted by Crippen LogP contribution is -2.50. The molecule has 1 heterocycles. The summed E-state index contributed by atoms with van der Waals surface area (Å²) in [6.45, 7) is 6.20. The number of Topliss-reactive ketones (excluding diaryl/α,β-unsaturated/α-hetero) is 1. The largest absolute Gasteiger partial charge is 0.369 e. The van der Waals surface area contributed by atoms with Gasteiger partial charge in [0.25, 0.3) is 0 Å². The highest BCUT2D eigenvalue weighted by molar-refractivity contribution is 5.94. The van der Waals surface area contributed by atoms with Gasteiger partial charge in [-0.3, -0.25) is 9.69 Å². The molecule has 1 aliphatic carbocycles. The molecule has 0 bridgehead atoms. The van der Waals surface area contributed by atoms with E-state index < -0.39 is 0 Å². The summed E-state index contributed by atoms with van der Waals surface area (Å²) in [6.07, 6.45) is 9.92. The van der Waals surface area contributed by atoms with Gasteiger partial charge in [-0.15, -0.1) is 0 Å². The van der Waals surface area contributed by atoms with E-state index >= 15 is 0 Å². The molecule has 1 aromatic rings. The van der Waals surface area contributed by atoms with Crippen LogP contribution in [0.3, 0.4) is 0 Å². The standard InChI is InChI=1S/C20H30N2O/c1-17(23)18-9-11-20(12-10-18)22-15-13-21(14-16-22)19-7-5-3-2-4-6-8-19/h9-12,19H,2-8,13-16H2,1H3. The normalized spacial score (nSPS) is 21.7. The van der Waals surface area contributed by atoms with Crippen molar-refractivity contribution in [2.75, 3.05) is 31.1 Å². The van der Waals surface area contributed by atoms with Gasteiger partial charge in [-0.2, -0.15) is 0 Å². The average molecular weight is 314 g/mol. The Morgan fingerprint density at radius 3 is 2.00 bits per heavy atom. The van der Waals surface area contributed by atoms with Crippen LogP contribution in [-0.2, 0) is 0 Å². The zero-order chi connectivity index (χ0) is 16.1. The van der Waals surface area contributed by atoms with Crippen molar-refractivity contribution in [2.24, 2.45) is 0 Å². The molecule has 23 heavy (non-hydrogen) atoms. The number of hydrogen-bond acceptors (Lipinski definition) is 3. The maximum absolute atomic E-state index is 11.4. The second kappa shape index (κ2) is 7.96. The molecule has 1 aliphatic heterocycles. The highest BCUT2D eigenvalue weighted by Crippen LogP contribution is 2.24. The number of benzene rings is 1. The van der Waals surface area contributed by atoms with E-state index in [2.05, 4.69) is 21.9 Å². The minimum atomic E-state index is 0.144. The fraction of sp³-hybridized carbons (Fsp3) is 0.650. The van der Waals surface area contributed by atoms with Crippen molar-refractivity contribution in [1.82, 2.24) is 4.90 Å². The lowest BCUT2D eigenvalue weighted by molar-refractivity contribution is 0.101. The first-order valence-corrected chi connectivity index (χ1v) is 9.34. The third-order valence-electron chi connectivity index (χ3n) is 5.54. The molecule has 0 N–H and O–H groups in total. The molecule has 0 radical (unpaired) electrons. The third-order valence-corrected chi connectivity index (χ3v) is 5.54. The summed E-state index contributed by atoms with van der Waals surface area (Å²) in [6, 6.07) is 8.93. The quantitative estimate of drug-likeness (QED) is 0.784. The number of nitrogens with zero attached hydrogens (tertiary/aromatic N) is 2. The van der Waals surface area contributed by atoms with Gasteiger partial charge in [-0.25, -0.2) is 0 Å². The molecule has 1 aromatic carbocycles. The fourth-order valence-corrected chi connectivity index (χ4v) is 4.05. The summed E-state index contributed by atoms with van der Waals surface area (Å²) in [5.74, 6) is 0.144. The molecule has 0 aromatic heterocycles. The molecular formula is C20H30N2O. The van der Waals surface area contributed by atoms with E-state index in [0.717, 1.165) is 24.7 Å². The van der Waals surface area contributed by atoms with Gasteiger partial charge >= 0.3 is 0 Å². The average Bonchev–Trinajstić information content (AvgIpc) is 2.55. The van der Waals surface area contributed by atoms with E-state index in [9.17, 15) is 4.79 Å². The molecule has 2 aliphatic rings. The molecule has 3 nitrogen and oxygen atoms in total. The molecule has 1 saturated heterocycles. The highest BCUT2D eigenvalue weighted by Gasteiger charge is 2.24. The predicted molar refractivity (Wildman–Crippen MR) is 96.3 cm³/mol. The molecular weight excluding hydrogens is 284 g/mol. The van der Waals surface area contributed by atoms with Crippen LogP contribution in [0.1, 0.15) is 62.2 Å². The van der Waals surface area contributed by atoms with E-state index in [-0.39, 0.29) is 5.78 Å². The van der Waals surface area contributed by atoms with Crippen LogP contribution in [0.25, 0.3) is 0 Å². The number of carbonyl (C=O) groups excluding carboxylic acids is 1. The lowest BCUT2D eigenvalue weighted by atomic mass is 9.95. The Bertz CT molecular complexity index is 495. The molecule has 0 amide bonds. The smallest absolute Gasteiger partial charge is 0.159 e. The van der Waals surface area contributed by atoms with Crippen LogP contribution in [0.15, 0.2) is 24.3 Å². The second-order valence-corrected chi connectivity index (χ2v) is 7.13. The van der Waals surface area contributed by atoms with Crippen molar-refractivity contribution in [3.8, 4) is 0 Å². The number of carbonyl (C=O) groups is 1. The van der Waals surface area contributed by atoms with Gasteiger partial charge in [0.05, 0.1) is 0 Å². The summed E-state index contributed by atoms with van der Waals surface area (Å²) in [5, 5.41) is 0. The van der Waals surface area contributed by atoms with E-state index in [1.807, 2.05) is 12.1 Å². The van der Waals surface area contributed by atoms with Crippen molar-refractivity contribution in [2.45, 2.75) is 57.9 Å². The van der Waals surface area contributed by atoms with Crippen molar-refractivity contribution in [3.05, 3.63) is 29.8 Å². The Morgan fingerprint density at radius 1 is 0.870 bits per heavy atom. The highest BCUT2D eigenvalue weighted by atomic mass is 16.1. The lowest BCUT2D eigenvalue weighted by Gasteiger charge is -2.41. The number of hydrogen-bond donors (Lipinski definition) is 0. The van der Waals surface area contributed by atoms with Crippen LogP contribution >= 0.6 is 0 Å². The third kappa shape index (κ3) is 4.35. The van der Waals surface area contributed by atoms with Crippen LogP contribution in [0.2, 0.25) is 0 Å². The first kappa shape index (κ1) is 16.5. The summed E-state index contributed by atoms with van der Waals surface area (Å²) in [7, 11) is 0. The summed E-state index contributed by atoms with van der Waals surface area (Å²) < 4.78 is 0.